The number of carbonyl (C=O) groups is 1. The molecule has 1 aliphatic carbocycles. The number of amides is 1. The summed E-state index contributed by atoms with van der Waals surface area (Å²) >= 11 is 0. The maximum atomic E-state index is 12.5. The molecule has 1 aliphatic rings. The van der Waals surface area contributed by atoms with Gasteiger partial charge >= 0.3 is 0 Å². The van der Waals surface area contributed by atoms with Gasteiger partial charge in [-0.2, -0.15) is 0 Å². The third-order valence-corrected chi connectivity index (χ3v) is 4.16. The molecule has 1 saturated carbocycles. The summed E-state index contributed by atoms with van der Waals surface area (Å²) < 4.78 is 0. The van der Waals surface area contributed by atoms with Crippen molar-refractivity contribution in [3.05, 3.63) is 0 Å². The van der Waals surface area contributed by atoms with Crippen LogP contribution < -0.4 is 11.1 Å². The molecule has 20 heavy (non-hydrogen) atoms. The minimum absolute atomic E-state index is 0.129. The molecule has 2 unspecified atom stereocenters. The molecule has 1 rings (SSSR count). The quantitative estimate of drug-likeness (QED) is 0.811. The number of rotatable bonds is 5. The van der Waals surface area contributed by atoms with E-state index < -0.39 is 0 Å². The summed E-state index contributed by atoms with van der Waals surface area (Å²) in [6.45, 7) is 11.7. The minimum Gasteiger partial charge on any atom is -0.351 e. The summed E-state index contributed by atoms with van der Waals surface area (Å²) in [4.78, 5) is 12.5. The molecule has 2 atom stereocenters. The zero-order valence-corrected chi connectivity index (χ0v) is 14.1. The van der Waals surface area contributed by atoms with E-state index in [1.165, 1.54) is 12.8 Å². The molecular formula is C17H34N2O. The molecule has 0 bridgehead atoms. The fraction of sp³-hybridized carbons (Fsp3) is 0.941. The van der Waals surface area contributed by atoms with Crippen LogP contribution in [0.15, 0.2) is 0 Å². The highest BCUT2D eigenvalue weighted by molar-refractivity contribution is 5.79. The highest BCUT2D eigenvalue weighted by Crippen LogP contribution is 2.32. The Kier molecular flexibility index (Phi) is 6.06. The van der Waals surface area contributed by atoms with Crippen LogP contribution in [-0.2, 0) is 4.79 Å². The predicted molar refractivity (Wildman–Crippen MR) is 85.4 cm³/mol. The van der Waals surface area contributed by atoms with E-state index in [0.29, 0.717) is 5.92 Å². The van der Waals surface area contributed by atoms with Crippen molar-refractivity contribution >= 4 is 5.91 Å². The number of nitrogens with two attached hydrogens (primary N) is 1. The Morgan fingerprint density at radius 2 is 1.85 bits per heavy atom. The SMILES string of the molecule is CC(C)(C)CC(C)(C)NC(=O)C1CCCC(CCN)C1. The first-order chi connectivity index (χ1) is 9.13. The van der Waals surface area contributed by atoms with Gasteiger partial charge in [0.05, 0.1) is 0 Å². The van der Waals surface area contributed by atoms with Crippen LogP contribution in [0.5, 0.6) is 0 Å². The first-order valence-electron chi connectivity index (χ1n) is 8.15. The smallest absolute Gasteiger partial charge is 0.223 e. The lowest BCUT2D eigenvalue weighted by atomic mass is 9.78. The van der Waals surface area contributed by atoms with E-state index >= 15 is 0 Å². The van der Waals surface area contributed by atoms with Crippen molar-refractivity contribution in [3.63, 3.8) is 0 Å². The lowest BCUT2D eigenvalue weighted by Gasteiger charge is -2.36. The molecule has 3 N–H and O–H groups in total. The number of hydrogen-bond acceptors (Lipinski definition) is 2. The van der Waals surface area contributed by atoms with Gasteiger partial charge in [-0.15, -0.1) is 0 Å². The van der Waals surface area contributed by atoms with Crippen LogP contribution in [-0.4, -0.2) is 18.0 Å². The van der Waals surface area contributed by atoms with Crippen molar-refractivity contribution < 1.29 is 4.79 Å². The van der Waals surface area contributed by atoms with Gasteiger partial charge in [-0.25, -0.2) is 0 Å². The van der Waals surface area contributed by atoms with Crippen LogP contribution >= 0.6 is 0 Å². The van der Waals surface area contributed by atoms with Crippen LogP contribution in [0.25, 0.3) is 0 Å². The third kappa shape index (κ3) is 6.25. The second kappa shape index (κ2) is 6.93. The molecule has 0 aromatic heterocycles. The summed E-state index contributed by atoms with van der Waals surface area (Å²) in [5.41, 5.74) is 5.75. The Morgan fingerprint density at radius 3 is 2.40 bits per heavy atom. The van der Waals surface area contributed by atoms with Gasteiger partial charge < -0.3 is 11.1 Å². The van der Waals surface area contributed by atoms with Gasteiger partial charge in [-0.1, -0.05) is 33.6 Å². The maximum absolute atomic E-state index is 12.5. The molecule has 0 aromatic carbocycles. The van der Waals surface area contributed by atoms with Gasteiger partial charge in [0, 0.05) is 11.5 Å². The molecule has 0 spiro atoms. The van der Waals surface area contributed by atoms with E-state index in [1.54, 1.807) is 0 Å². The van der Waals surface area contributed by atoms with Gasteiger partial charge in [-0.05, 0) is 57.4 Å². The Labute approximate surface area is 125 Å². The Morgan fingerprint density at radius 1 is 1.20 bits per heavy atom. The maximum Gasteiger partial charge on any atom is 0.223 e. The van der Waals surface area contributed by atoms with Crippen molar-refractivity contribution in [1.82, 2.24) is 5.32 Å². The van der Waals surface area contributed by atoms with Crippen molar-refractivity contribution in [2.75, 3.05) is 6.54 Å². The molecule has 0 aromatic rings. The van der Waals surface area contributed by atoms with Gasteiger partial charge in [0.2, 0.25) is 5.91 Å². The van der Waals surface area contributed by atoms with Gasteiger partial charge in [0.1, 0.15) is 0 Å². The van der Waals surface area contributed by atoms with Crippen molar-refractivity contribution in [3.8, 4) is 0 Å². The predicted octanol–water partition coefficient (Wildman–Crippen LogP) is 3.47. The third-order valence-electron chi connectivity index (χ3n) is 4.16. The minimum atomic E-state index is -0.129. The number of hydrogen-bond donors (Lipinski definition) is 2. The fourth-order valence-electron chi connectivity index (χ4n) is 3.83. The molecular weight excluding hydrogens is 248 g/mol. The van der Waals surface area contributed by atoms with E-state index in [9.17, 15) is 4.79 Å². The standard InChI is InChI=1S/C17H34N2O/c1-16(2,3)12-17(4,5)19-15(20)14-8-6-7-13(11-14)9-10-18/h13-14H,6-12,18H2,1-5H3,(H,19,20). The van der Waals surface area contributed by atoms with Crippen molar-refractivity contribution in [2.45, 2.75) is 78.7 Å². The van der Waals surface area contributed by atoms with Crippen LogP contribution in [0.4, 0.5) is 0 Å². The van der Waals surface area contributed by atoms with Crippen LogP contribution in [0, 0.1) is 17.3 Å². The second-order valence-corrected chi connectivity index (χ2v) is 8.42. The van der Waals surface area contributed by atoms with Crippen molar-refractivity contribution in [2.24, 2.45) is 23.0 Å². The summed E-state index contributed by atoms with van der Waals surface area (Å²) in [5.74, 6) is 1.09. The summed E-state index contributed by atoms with van der Waals surface area (Å²) in [7, 11) is 0. The Balaban J connectivity index is 2.53. The first kappa shape index (κ1) is 17.5. The summed E-state index contributed by atoms with van der Waals surface area (Å²) in [5, 5.41) is 3.28. The molecule has 0 saturated heterocycles. The molecule has 118 valence electrons. The monoisotopic (exact) mass is 282 g/mol. The van der Waals surface area contributed by atoms with Gasteiger partial charge in [0.15, 0.2) is 0 Å². The topological polar surface area (TPSA) is 55.1 Å². The normalized spacial score (nSPS) is 24.5. The summed E-state index contributed by atoms with van der Waals surface area (Å²) in [6, 6.07) is 0. The Hall–Kier alpha value is -0.570. The Bertz CT molecular complexity index is 315. The molecule has 3 heteroatoms. The fourth-order valence-corrected chi connectivity index (χ4v) is 3.83. The zero-order chi connectivity index (χ0) is 15.4. The number of nitrogens with one attached hydrogen (secondary N) is 1. The van der Waals surface area contributed by atoms with E-state index in [2.05, 4.69) is 39.9 Å². The largest absolute Gasteiger partial charge is 0.351 e. The molecule has 0 aliphatic heterocycles. The molecule has 0 heterocycles. The lowest BCUT2D eigenvalue weighted by molar-refractivity contribution is -0.128. The van der Waals surface area contributed by atoms with Crippen molar-refractivity contribution in [1.29, 1.82) is 0 Å². The average Bonchev–Trinajstić information content (AvgIpc) is 2.25. The summed E-state index contributed by atoms with van der Waals surface area (Å²) in [6.07, 6.45) is 6.53. The van der Waals surface area contributed by atoms with E-state index in [4.69, 9.17) is 5.73 Å². The molecule has 0 radical (unpaired) electrons. The highest BCUT2D eigenvalue weighted by atomic mass is 16.2. The van der Waals surface area contributed by atoms with Gasteiger partial charge in [0.25, 0.3) is 0 Å². The molecule has 3 nitrogen and oxygen atoms in total. The van der Waals surface area contributed by atoms with Crippen LogP contribution in [0.1, 0.15) is 73.1 Å². The first-order valence-corrected chi connectivity index (χ1v) is 8.15. The highest BCUT2D eigenvalue weighted by Gasteiger charge is 2.32. The van der Waals surface area contributed by atoms with Gasteiger partial charge in [-0.3, -0.25) is 4.79 Å². The lowest BCUT2D eigenvalue weighted by Crippen LogP contribution is -2.48. The molecule has 1 fully saturated rings. The van der Waals surface area contributed by atoms with E-state index in [1.807, 2.05) is 0 Å². The average molecular weight is 282 g/mol. The zero-order valence-electron chi connectivity index (χ0n) is 14.1. The van der Waals surface area contributed by atoms with Crippen LogP contribution in [0.2, 0.25) is 0 Å². The van der Waals surface area contributed by atoms with E-state index in [0.717, 1.165) is 32.2 Å². The van der Waals surface area contributed by atoms with Crippen LogP contribution in [0.3, 0.4) is 0 Å². The second-order valence-electron chi connectivity index (χ2n) is 8.42. The number of carbonyl (C=O) groups excluding carboxylic acids is 1. The molecule has 1 amide bonds. The van der Waals surface area contributed by atoms with E-state index in [-0.39, 0.29) is 22.8 Å².